The standard InChI is InChI=1S/C32H40Cl3N5O2/c1-31(2,3)38-17-26(41)25-14-22(16-36)29(37)28(35)30(25)39-40(32(4,5)6)18-27(21-12-23(33)15-24(34)13-21)42-19-20-10-8-7-9-11-20/h7-15,26-27,38-39,41H,17-19,37H2,1-6H3. The van der Waals surface area contributed by atoms with Crippen LogP contribution in [0.3, 0.4) is 0 Å². The van der Waals surface area contributed by atoms with Gasteiger partial charge in [-0.25, -0.2) is 5.01 Å². The second kappa shape index (κ2) is 14.3. The molecule has 0 radical (unpaired) electrons. The molecule has 226 valence electrons. The molecule has 2 unspecified atom stereocenters. The second-order valence-corrected chi connectivity index (χ2v) is 13.5. The molecule has 3 aromatic carbocycles. The highest BCUT2D eigenvalue weighted by atomic mass is 35.5. The molecule has 0 bridgehead atoms. The summed E-state index contributed by atoms with van der Waals surface area (Å²) >= 11 is 19.6. The first kappa shape index (κ1) is 34.0. The van der Waals surface area contributed by atoms with E-state index in [0.29, 0.717) is 34.4 Å². The van der Waals surface area contributed by atoms with Gasteiger partial charge in [0.1, 0.15) is 6.07 Å². The molecule has 0 saturated heterocycles. The van der Waals surface area contributed by atoms with Gasteiger partial charge in [-0.05, 0) is 76.9 Å². The molecule has 10 heteroatoms. The molecule has 0 fully saturated rings. The Labute approximate surface area is 264 Å². The number of hydrazine groups is 1. The van der Waals surface area contributed by atoms with Gasteiger partial charge in [0.15, 0.2) is 0 Å². The van der Waals surface area contributed by atoms with Gasteiger partial charge in [0.2, 0.25) is 0 Å². The summed E-state index contributed by atoms with van der Waals surface area (Å²) in [5.74, 6) is 0. The van der Waals surface area contributed by atoms with Gasteiger partial charge >= 0.3 is 0 Å². The van der Waals surface area contributed by atoms with Crippen LogP contribution in [0.15, 0.2) is 54.6 Å². The summed E-state index contributed by atoms with van der Waals surface area (Å²) in [7, 11) is 0. The highest BCUT2D eigenvalue weighted by Gasteiger charge is 2.30. The van der Waals surface area contributed by atoms with E-state index in [2.05, 4.69) is 16.8 Å². The van der Waals surface area contributed by atoms with Crippen LogP contribution in [0.1, 0.15) is 76.0 Å². The van der Waals surface area contributed by atoms with Crippen molar-refractivity contribution < 1.29 is 9.84 Å². The molecule has 7 nitrogen and oxygen atoms in total. The van der Waals surface area contributed by atoms with Gasteiger partial charge in [0.25, 0.3) is 0 Å². The third-order valence-corrected chi connectivity index (χ3v) is 7.42. The number of β-amino-alcohol motifs (C(OH)–C–C–N with tert-alkyl or cyclic N) is 1. The largest absolute Gasteiger partial charge is 0.396 e. The summed E-state index contributed by atoms with van der Waals surface area (Å²) in [5, 5.41) is 27.4. The number of nitrogens with zero attached hydrogens (tertiary/aromatic N) is 2. The first-order valence-electron chi connectivity index (χ1n) is 13.7. The maximum atomic E-state index is 11.3. The highest BCUT2D eigenvalue weighted by molar-refractivity contribution is 6.36. The Morgan fingerprint density at radius 3 is 2.17 bits per heavy atom. The minimum Gasteiger partial charge on any atom is -0.396 e. The van der Waals surface area contributed by atoms with Crippen molar-refractivity contribution in [1.29, 1.82) is 5.26 Å². The third-order valence-electron chi connectivity index (χ3n) is 6.60. The monoisotopic (exact) mass is 631 g/mol. The fourth-order valence-corrected chi connectivity index (χ4v) is 5.04. The molecule has 3 rings (SSSR count). The average Bonchev–Trinajstić information content (AvgIpc) is 2.90. The predicted molar refractivity (Wildman–Crippen MR) is 174 cm³/mol. The fraction of sp³-hybridized carbons (Fsp3) is 0.406. The first-order chi connectivity index (χ1) is 19.6. The number of benzene rings is 3. The minimum atomic E-state index is -0.976. The topological polar surface area (TPSA) is 107 Å². The molecule has 0 aliphatic carbocycles. The summed E-state index contributed by atoms with van der Waals surface area (Å²) < 4.78 is 6.47. The number of nitrogens with one attached hydrogen (secondary N) is 2. The SMILES string of the molecule is CC(C)(C)NCC(O)c1cc(C#N)c(N)c(Cl)c1NN(CC(OCc1ccccc1)c1cc(Cl)cc(Cl)c1)C(C)(C)C. The van der Waals surface area contributed by atoms with Crippen molar-refractivity contribution in [2.75, 3.05) is 24.2 Å². The van der Waals surface area contributed by atoms with Crippen molar-refractivity contribution in [3.63, 3.8) is 0 Å². The third kappa shape index (κ3) is 9.48. The van der Waals surface area contributed by atoms with Crippen LogP contribution in [0.5, 0.6) is 0 Å². The number of nitrogens with two attached hydrogens (primary N) is 1. The molecule has 0 aromatic heterocycles. The normalized spacial score (nSPS) is 13.6. The lowest BCUT2D eigenvalue weighted by Crippen LogP contribution is -2.48. The van der Waals surface area contributed by atoms with Crippen molar-refractivity contribution in [3.8, 4) is 6.07 Å². The lowest BCUT2D eigenvalue weighted by molar-refractivity contribution is 0.000721. The molecule has 0 heterocycles. The van der Waals surface area contributed by atoms with Crippen molar-refractivity contribution in [2.24, 2.45) is 0 Å². The van der Waals surface area contributed by atoms with E-state index in [1.54, 1.807) is 12.1 Å². The predicted octanol–water partition coefficient (Wildman–Crippen LogP) is 7.91. The summed E-state index contributed by atoms with van der Waals surface area (Å²) in [6, 6.07) is 18.9. The Kier molecular flexibility index (Phi) is 11.6. The minimum absolute atomic E-state index is 0.133. The van der Waals surface area contributed by atoms with Gasteiger partial charge < -0.3 is 26.3 Å². The van der Waals surface area contributed by atoms with E-state index >= 15 is 0 Å². The summed E-state index contributed by atoms with van der Waals surface area (Å²) in [4.78, 5) is 0. The van der Waals surface area contributed by atoms with E-state index in [9.17, 15) is 10.4 Å². The number of nitrogen functional groups attached to an aromatic ring is 1. The molecule has 5 N–H and O–H groups in total. The number of aliphatic hydroxyl groups excluding tert-OH is 1. The summed E-state index contributed by atoms with van der Waals surface area (Å²) in [5.41, 5.74) is 12.0. The number of hydrogen-bond acceptors (Lipinski definition) is 7. The van der Waals surface area contributed by atoms with Crippen LogP contribution in [0.2, 0.25) is 15.1 Å². The number of anilines is 2. The second-order valence-electron chi connectivity index (χ2n) is 12.3. The molecular formula is C32H40Cl3N5O2. The highest BCUT2D eigenvalue weighted by Crippen LogP contribution is 2.39. The van der Waals surface area contributed by atoms with Crippen molar-refractivity contribution in [1.82, 2.24) is 10.3 Å². The van der Waals surface area contributed by atoms with Crippen LogP contribution >= 0.6 is 34.8 Å². The Balaban J connectivity index is 2.04. The Hall–Kier alpha value is -2.54. The number of halogens is 3. The van der Waals surface area contributed by atoms with Crippen LogP contribution in [0, 0.1) is 11.3 Å². The van der Waals surface area contributed by atoms with E-state index in [4.69, 9.17) is 45.3 Å². The molecule has 3 aromatic rings. The Morgan fingerprint density at radius 2 is 1.62 bits per heavy atom. The van der Waals surface area contributed by atoms with Crippen molar-refractivity contribution >= 4 is 46.2 Å². The van der Waals surface area contributed by atoms with Crippen LogP contribution in [0.4, 0.5) is 11.4 Å². The molecule has 0 saturated carbocycles. The van der Waals surface area contributed by atoms with E-state index in [0.717, 1.165) is 11.1 Å². The lowest BCUT2D eigenvalue weighted by atomic mass is 10.0. The molecule has 0 spiro atoms. The van der Waals surface area contributed by atoms with E-state index in [1.807, 2.05) is 89.0 Å². The van der Waals surface area contributed by atoms with Gasteiger partial charge in [0, 0.05) is 39.8 Å². The average molecular weight is 633 g/mol. The van der Waals surface area contributed by atoms with Gasteiger partial charge in [0.05, 0.1) is 40.8 Å². The Morgan fingerprint density at radius 1 is 1.00 bits per heavy atom. The van der Waals surface area contributed by atoms with E-state index in [-0.39, 0.29) is 28.4 Å². The van der Waals surface area contributed by atoms with Gasteiger partial charge in [-0.2, -0.15) is 5.26 Å². The number of hydrogen-bond donors (Lipinski definition) is 4. The van der Waals surface area contributed by atoms with Crippen LogP contribution in [0.25, 0.3) is 0 Å². The summed E-state index contributed by atoms with van der Waals surface area (Å²) in [6.45, 7) is 13.1. The zero-order valence-electron chi connectivity index (χ0n) is 24.9. The zero-order valence-corrected chi connectivity index (χ0v) is 27.2. The van der Waals surface area contributed by atoms with Crippen LogP contribution < -0.4 is 16.5 Å². The first-order valence-corrected chi connectivity index (χ1v) is 14.8. The molecule has 0 aliphatic heterocycles. The van der Waals surface area contributed by atoms with Gasteiger partial charge in [-0.15, -0.1) is 0 Å². The van der Waals surface area contributed by atoms with E-state index < -0.39 is 17.7 Å². The van der Waals surface area contributed by atoms with Crippen LogP contribution in [-0.2, 0) is 11.3 Å². The molecular weight excluding hydrogens is 593 g/mol. The fourth-order valence-electron chi connectivity index (χ4n) is 4.24. The zero-order chi connectivity index (χ0) is 31.2. The maximum absolute atomic E-state index is 11.3. The maximum Gasteiger partial charge on any atom is 0.101 e. The lowest BCUT2D eigenvalue weighted by Gasteiger charge is -2.40. The quantitative estimate of drug-likeness (QED) is 0.126. The van der Waals surface area contributed by atoms with Crippen LogP contribution in [-0.4, -0.2) is 34.3 Å². The van der Waals surface area contributed by atoms with E-state index in [1.165, 1.54) is 0 Å². The smallest absolute Gasteiger partial charge is 0.101 e. The van der Waals surface area contributed by atoms with Gasteiger partial charge in [-0.1, -0.05) is 65.1 Å². The number of rotatable bonds is 11. The molecule has 0 aliphatic rings. The molecule has 2 atom stereocenters. The molecule has 42 heavy (non-hydrogen) atoms. The summed E-state index contributed by atoms with van der Waals surface area (Å²) in [6.07, 6.45) is -1.44. The number of nitriles is 1. The Bertz CT molecular complexity index is 1380. The van der Waals surface area contributed by atoms with Crippen molar-refractivity contribution in [3.05, 3.63) is 91.9 Å². The van der Waals surface area contributed by atoms with Crippen molar-refractivity contribution in [2.45, 2.75) is 71.4 Å². The molecule has 0 amide bonds. The number of aliphatic hydroxyl groups is 1. The van der Waals surface area contributed by atoms with Gasteiger partial charge in [-0.3, -0.25) is 0 Å². The number of ether oxygens (including phenoxy) is 1.